The largest absolute Gasteiger partial charge is 0.376 e. The summed E-state index contributed by atoms with van der Waals surface area (Å²) in [5, 5.41) is 5.08. The van der Waals surface area contributed by atoms with Crippen LogP contribution in [-0.4, -0.2) is 85.7 Å². The highest BCUT2D eigenvalue weighted by molar-refractivity contribution is 5.89. The summed E-state index contributed by atoms with van der Waals surface area (Å²) >= 11 is 0. The van der Waals surface area contributed by atoms with Gasteiger partial charge in [0, 0.05) is 39.2 Å². The van der Waals surface area contributed by atoms with E-state index in [0.29, 0.717) is 19.6 Å². The summed E-state index contributed by atoms with van der Waals surface area (Å²) in [4.78, 5) is 43.9. The number of fused-ring (bicyclic) bond motifs is 1. The van der Waals surface area contributed by atoms with Crippen molar-refractivity contribution in [3.05, 3.63) is 83.9 Å². The van der Waals surface area contributed by atoms with E-state index < -0.39 is 17.6 Å². The first-order valence-corrected chi connectivity index (χ1v) is 15.3. The molecule has 4 rings (SSSR count). The summed E-state index contributed by atoms with van der Waals surface area (Å²) in [6.45, 7) is 4.82. The van der Waals surface area contributed by atoms with Crippen molar-refractivity contribution in [3.63, 3.8) is 0 Å². The van der Waals surface area contributed by atoms with Crippen molar-refractivity contribution in [1.29, 1.82) is 0 Å². The molecule has 0 spiro atoms. The minimum Gasteiger partial charge on any atom is -0.376 e. The summed E-state index contributed by atoms with van der Waals surface area (Å²) in [5.41, 5.74) is 7.22. The number of carbonyl (C=O) groups is 3. The topological polar surface area (TPSA) is 114 Å². The first kappa shape index (κ1) is 33.1. The predicted octanol–water partition coefficient (Wildman–Crippen LogP) is 3.85. The van der Waals surface area contributed by atoms with Gasteiger partial charge in [0.1, 0.15) is 12.6 Å². The Morgan fingerprint density at radius 1 is 0.977 bits per heavy atom. The third kappa shape index (κ3) is 9.35. The van der Waals surface area contributed by atoms with Crippen LogP contribution in [0.1, 0.15) is 50.3 Å². The molecule has 0 radical (unpaired) electrons. The molecule has 3 amide bonds. The molecule has 3 atom stereocenters. The average molecular weight is 603 g/mol. The molecule has 1 aliphatic rings. The van der Waals surface area contributed by atoms with E-state index in [2.05, 4.69) is 5.32 Å². The Morgan fingerprint density at radius 2 is 1.68 bits per heavy atom. The highest BCUT2D eigenvalue weighted by Gasteiger charge is 2.32. The van der Waals surface area contributed by atoms with Crippen LogP contribution in [0.25, 0.3) is 10.8 Å². The van der Waals surface area contributed by atoms with Gasteiger partial charge in [0.2, 0.25) is 17.7 Å². The molecule has 2 unspecified atom stereocenters. The van der Waals surface area contributed by atoms with Crippen molar-refractivity contribution in [1.82, 2.24) is 15.1 Å². The maximum atomic E-state index is 14.0. The molecule has 0 bridgehead atoms. The number of hydrogen-bond acceptors (Lipinski definition) is 6. The Hall–Kier alpha value is -3.79. The monoisotopic (exact) mass is 602 g/mol. The molecule has 1 heterocycles. The predicted molar refractivity (Wildman–Crippen MR) is 172 cm³/mol. The number of nitrogens with one attached hydrogen (secondary N) is 1. The maximum absolute atomic E-state index is 14.0. The Kier molecular flexibility index (Phi) is 11.5. The van der Waals surface area contributed by atoms with Crippen molar-refractivity contribution in [2.24, 2.45) is 5.73 Å². The second kappa shape index (κ2) is 15.3. The van der Waals surface area contributed by atoms with Gasteiger partial charge in [-0.2, -0.15) is 0 Å². The van der Waals surface area contributed by atoms with E-state index in [-0.39, 0.29) is 43.5 Å². The van der Waals surface area contributed by atoms with Crippen LogP contribution in [-0.2, 0) is 30.3 Å². The number of amides is 3. The van der Waals surface area contributed by atoms with Gasteiger partial charge >= 0.3 is 0 Å². The zero-order valence-electron chi connectivity index (χ0n) is 26.3. The van der Waals surface area contributed by atoms with Crippen LogP contribution in [0.5, 0.6) is 0 Å². The minimum absolute atomic E-state index is 0.0102. The number of carbonyl (C=O) groups excluding carboxylic acids is 3. The quantitative estimate of drug-likeness (QED) is 0.290. The highest BCUT2D eigenvalue weighted by atomic mass is 16.5. The van der Waals surface area contributed by atoms with Gasteiger partial charge < -0.3 is 30.3 Å². The summed E-state index contributed by atoms with van der Waals surface area (Å²) in [6.07, 6.45) is 2.21. The molecule has 9 heteroatoms. The molecule has 3 N–H and O–H groups in total. The smallest absolute Gasteiger partial charge is 0.248 e. The van der Waals surface area contributed by atoms with Crippen molar-refractivity contribution < 1.29 is 23.9 Å². The van der Waals surface area contributed by atoms with Gasteiger partial charge in [-0.25, -0.2) is 0 Å². The lowest BCUT2D eigenvalue weighted by molar-refractivity contribution is -0.143. The Morgan fingerprint density at radius 3 is 2.36 bits per heavy atom. The van der Waals surface area contributed by atoms with Gasteiger partial charge in [0.25, 0.3) is 0 Å². The molecule has 3 aromatic rings. The Bertz CT molecular complexity index is 1400. The fraction of sp³-hybridized carbons (Fsp3) is 0.457. The lowest BCUT2D eigenvalue weighted by Crippen LogP contribution is -2.51. The van der Waals surface area contributed by atoms with E-state index in [1.54, 1.807) is 19.0 Å². The number of likely N-dealkylation sites (N-methyl/N-ethyl adjacent to an activating group) is 2. The summed E-state index contributed by atoms with van der Waals surface area (Å²) < 4.78 is 11.3. The number of nitrogens with zero attached hydrogens (tertiary/aromatic N) is 2. The number of hydrogen-bond donors (Lipinski definition) is 2. The normalized spacial score (nSPS) is 16.3. The molecule has 9 nitrogen and oxygen atoms in total. The molecule has 44 heavy (non-hydrogen) atoms. The van der Waals surface area contributed by atoms with E-state index in [1.165, 1.54) is 4.90 Å². The lowest BCUT2D eigenvalue weighted by atomic mass is 9.97. The molecular weight excluding hydrogens is 556 g/mol. The lowest BCUT2D eigenvalue weighted by Gasteiger charge is -2.33. The van der Waals surface area contributed by atoms with Crippen molar-refractivity contribution in [2.75, 3.05) is 40.5 Å². The van der Waals surface area contributed by atoms with E-state index in [9.17, 15) is 14.4 Å². The number of benzene rings is 3. The van der Waals surface area contributed by atoms with Gasteiger partial charge in [-0.3, -0.25) is 14.4 Å². The first-order chi connectivity index (χ1) is 21.0. The zero-order chi connectivity index (χ0) is 31.7. The second-order valence-electron chi connectivity index (χ2n) is 12.4. The van der Waals surface area contributed by atoms with E-state index >= 15 is 0 Å². The molecular formula is C35H46N4O5. The van der Waals surface area contributed by atoms with Crippen LogP contribution >= 0.6 is 0 Å². The van der Waals surface area contributed by atoms with Gasteiger partial charge in [0.15, 0.2) is 0 Å². The fourth-order valence-electron chi connectivity index (χ4n) is 5.43. The molecule has 1 fully saturated rings. The SMILES string of the molecule is CN(C(=O)COCC(C)(C)N)C(CC(=O)N(C)[C@H](Cc1ccccc1)C(=O)NCC1CCCO1)c1ccc2ccccc2c1. The van der Waals surface area contributed by atoms with Gasteiger partial charge in [-0.05, 0) is 54.7 Å². The highest BCUT2D eigenvalue weighted by Crippen LogP contribution is 2.28. The molecule has 0 aromatic heterocycles. The summed E-state index contributed by atoms with van der Waals surface area (Å²) in [6, 6.07) is 22.3. The second-order valence-corrected chi connectivity index (χ2v) is 12.4. The number of nitrogens with two attached hydrogens (primary N) is 1. The van der Waals surface area contributed by atoms with Gasteiger partial charge in [-0.15, -0.1) is 0 Å². The van der Waals surface area contributed by atoms with E-state index in [0.717, 1.165) is 34.7 Å². The van der Waals surface area contributed by atoms with Crippen LogP contribution in [0.4, 0.5) is 0 Å². The molecule has 1 saturated heterocycles. The Labute approximate surface area is 260 Å². The Balaban J connectivity index is 1.56. The van der Waals surface area contributed by atoms with Gasteiger partial charge in [-0.1, -0.05) is 66.7 Å². The average Bonchev–Trinajstić information content (AvgIpc) is 3.54. The maximum Gasteiger partial charge on any atom is 0.248 e. The number of ether oxygens (including phenoxy) is 2. The molecule has 3 aromatic carbocycles. The van der Waals surface area contributed by atoms with Crippen molar-refractivity contribution >= 4 is 28.5 Å². The number of rotatable bonds is 14. The van der Waals surface area contributed by atoms with Crippen LogP contribution in [0, 0.1) is 0 Å². The fourth-order valence-corrected chi connectivity index (χ4v) is 5.43. The minimum atomic E-state index is -0.736. The van der Waals surface area contributed by atoms with E-state index in [4.69, 9.17) is 15.2 Å². The zero-order valence-corrected chi connectivity index (χ0v) is 26.3. The van der Waals surface area contributed by atoms with E-state index in [1.807, 2.05) is 86.6 Å². The van der Waals surface area contributed by atoms with Gasteiger partial charge in [0.05, 0.1) is 25.2 Å². The summed E-state index contributed by atoms with van der Waals surface area (Å²) in [5.74, 6) is -0.747. The molecule has 1 aliphatic heterocycles. The molecule has 0 saturated carbocycles. The standard InChI is InChI=1S/C35H46N4O5/c1-35(2,36)24-43-23-33(41)38(3)30(28-17-16-26-13-8-9-14-27(26)20-28)21-32(40)39(4)31(19-25-11-6-5-7-12-25)34(42)37-22-29-15-10-18-44-29/h5-9,11-14,16-17,20,29-31H,10,15,18-19,21-24,36H2,1-4H3,(H,37,42)/t29?,30?,31-/m1/s1. The summed E-state index contributed by atoms with van der Waals surface area (Å²) in [7, 11) is 3.34. The van der Waals surface area contributed by atoms with Crippen molar-refractivity contribution in [2.45, 2.75) is 63.3 Å². The van der Waals surface area contributed by atoms with Crippen molar-refractivity contribution in [3.8, 4) is 0 Å². The molecule has 236 valence electrons. The third-order valence-corrected chi connectivity index (χ3v) is 8.05. The van der Waals surface area contributed by atoms with Crippen LogP contribution in [0.15, 0.2) is 72.8 Å². The van der Waals surface area contributed by atoms with Crippen LogP contribution < -0.4 is 11.1 Å². The van der Waals surface area contributed by atoms with Crippen LogP contribution in [0.3, 0.4) is 0 Å². The molecule has 0 aliphatic carbocycles. The first-order valence-electron chi connectivity index (χ1n) is 15.3. The third-order valence-electron chi connectivity index (χ3n) is 8.05. The van der Waals surface area contributed by atoms with Crippen LogP contribution in [0.2, 0.25) is 0 Å².